The Morgan fingerprint density at radius 1 is 1.21 bits per heavy atom. The first kappa shape index (κ1) is 18.4. The lowest BCUT2D eigenvalue weighted by Gasteiger charge is -2.41. The molecule has 0 atom stereocenters. The Balaban J connectivity index is 2.00. The van der Waals surface area contributed by atoms with Crippen LogP contribution in [0.3, 0.4) is 0 Å². The number of carbonyl (C=O) groups excluding carboxylic acids is 2. The Bertz CT molecular complexity index is 743. The monoisotopic (exact) mass is 353 g/mol. The van der Waals surface area contributed by atoms with Gasteiger partial charge in [-0.3, -0.25) is 14.5 Å². The van der Waals surface area contributed by atoms with Crippen LogP contribution in [0.4, 0.5) is 11.4 Å². The van der Waals surface area contributed by atoms with Crippen LogP contribution in [0, 0.1) is 0 Å². The fourth-order valence-electron chi connectivity index (χ4n) is 2.80. The standard InChI is InChI=1S/C16H23N3O4S/c1-12(20)17-13-5-4-6-14(9-13)18-15(21)10-19-7-8-24(22,23)11-16(19,2)3/h4-6,9H,7-8,10-11H2,1-3H3,(H,17,20)(H,18,21). The van der Waals surface area contributed by atoms with Gasteiger partial charge in [0.05, 0.1) is 18.1 Å². The maximum absolute atomic E-state index is 12.3. The van der Waals surface area contributed by atoms with Gasteiger partial charge < -0.3 is 10.6 Å². The van der Waals surface area contributed by atoms with Crippen LogP contribution in [0.25, 0.3) is 0 Å². The quantitative estimate of drug-likeness (QED) is 0.845. The topological polar surface area (TPSA) is 95.6 Å². The molecule has 0 radical (unpaired) electrons. The average molecular weight is 353 g/mol. The molecule has 0 aliphatic carbocycles. The van der Waals surface area contributed by atoms with Crippen LogP contribution < -0.4 is 10.6 Å². The van der Waals surface area contributed by atoms with E-state index in [9.17, 15) is 18.0 Å². The summed E-state index contributed by atoms with van der Waals surface area (Å²) in [7, 11) is -3.05. The molecule has 1 aromatic rings. The van der Waals surface area contributed by atoms with Crippen molar-refractivity contribution in [2.75, 3.05) is 35.2 Å². The highest BCUT2D eigenvalue weighted by molar-refractivity contribution is 7.91. The van der Waals surface area contributed by atoms with Gasteiger partial charge in [-0.15, -0.1) is 0 Å². The first-order valence-corrected chi connectivity index (χ1v) is 9.52. The fourth-order valence-corrected chi connectivity index (χ4v) is 4.70. The predicted molar refractivity (Wildman–Crippen MR) is 93.7 cm³/mol. The average Bonchev–Trinajstić information content (AvgIpc) is 2.40. The second-order valence-corrected chi connectivity index (χ2v) is 8.82. The van der Waals surface area contributed by atoms with E-state index >= 15 is 0 Å². The minimum absolute atomic E-state index is 0.0469. The molecule has 1 heterocycles. The van der Waals surface area contributed by atoms with Gasteiger partial charge in [0.15, 0.2) is 9.84 Å². The molecule has 0 spiro atoms. The molecule has 0 aromatic heterocycles. The van der Waals surface area contributed by atoms with E-state index in [-0.39, 0.29) is 29.9 Å². The van der Waals surface area contributed by atoms with Gasteiger partial charge in [-0.1, -0.05) is 6.07 Å². The van der Waals surface area contributed by atoms with Crippen LogP contribution in [0.5, 0.6) is 0 Å². The van der Waals surface area contributed by atoms with E-state index in [0.29, 0.717) is 17.9 Å². The van der Waals surface area contributed by atoms with Crippen molar-refractivity contribution in [1.29, 1.82) is 0 Å². The first-order chi connectivity index (χ1) is 11.1. The smallest absolute Gasteiger partial charge is 0.238 e. The van der Waals surface area contributed by atoms with Crippen molar-refractivity contribution >= 4 is 33.0 Å². The summed E-state index contributed by atoms with van der Waals surface area (Å²) in [6.45, 7) is 5.53. The normalized spacial score (nSPS) is 19.5. The SMILES string of the molecule is CC(=O)Nc1cccc(NC(=O)CN2CCS(=O)(=O)CC2(C)C)c1. The van der Waals surface area contributed by atoms with Crippen LogP contribution in [0.2, 0.25) is 0 Å². The van der Waals surface area contributed by atoms with Crippen LogP contribution in [-0.4, -0.2) is 55.3 Å². The summed E-state index contributed by atoms with van der Waals surface area (Å²) in [5, 5.41) is 5.43. The third kappa shape index (κ3) is 5.04. The summed E-state index contributed by atoms with van der Waals surface area (Å²) < 4.78 is 23.5. The lowest BCUT2D eigenvalue weighted by Crippen LogP contribution is -2.57. The number of carbonyl (C=O) groups is 2. The summed E-state index contributed by atoms with van der Waals surface area (Å²) >= 11 is 0. The molecular weight excluding hydrogens is 330 g/mol. The summed E-state index contributed by atoms with van der Waals surface area (Å²) in [6, 6.07) is 6.87. The third-order valence-corrected chi connectivity index (χ3v) is 5.85. The molecule has 1 aromatic carbocycles. The zero-order chi connectivity index (χ0) is 18.0. The second kappa shape index (κ2) is 6.90. The Morgan fingerprint density at radius 2 is 1.83 bits per heavy atom. The summed E-state index contributed by atoms with van der Waals surface area (Å²) in [4.78, 5) is 25.2. The van der Waals surface area contributed by atoms with Gasteiger partial charge in [-0.05, 0) is 32.0 Å². The van der Waals surface area contributed by atoms with Gasteiger partial charge in [-0.2, -0.15) is 0 Å². The number of hydrogen-bond donors (Lipinski definition) is 2. The van der Waals surface area contributed by atoms with E-state index in [0.717, 1.165) is 0 Å². The molecule has 2 N–H and O–H groups in total. The second-order valence-electron chi connectivity index (χ2n) is 6.64. The summed E-state index contributed by atoms with van der Waals surface area (Å²) in [6.07, 6.45) is 0. The van der Waals surface area contributed by atoms with Crippen molar-refractivity contribution in [3.8, 4) is 0 Å². The van der Waals surface area contributed by atoms with Gasteiger partial charge in [-0.25, -0.2) is 8.42 Å². The molecule has 0 saturated carbocycles. The van der Waals surface area contributed by atoms with Crippen LogP contribution in [0.15, 0.2) is 24.3 Å². The van der Waals surface area contributed by atoms with Gasteiger partial charge in [0, 0.05) is 30.4 Å². The molecule has 24 heavy (non-hydrogen) atoms. The molecule has 0 bridgehead atoms. The van der Waals surface area contributed by atoms with E-state index < -0.39 is 15.4 Å². The minimum Gasteiger partial charge on any atom is -0.326 e. The highest BCUT2D eigenvalue weighted by Crippen LogP contribution is 2.22. The number of rotatable bonds is 4. The molecule has 1 fully saturated rings. The van der Waals surface area contributed by atoms with E-state index in [1.165, 1.54) is 6.92 Å². The lowest BCUT2D eigenvalue weighted by atomic mass is 10.1. The van der Waals surface area contributed by atoms with Gasteiger partial charge >= 0.3 is 0 Å². The van der Waals surface area contributed by atoms with Gasteiger partial charge in [0.1, 0.15) is 0 Å². The van der Waals surface area contributed by atoms with Crippen LogP contribution in [0.1, 0.15) is 20.8 Å². The van der Waals surface area contributed by atoms with Crippen molar-refractivity contribution in [3.63, 3.8) is 0 Å². The van der Waals surface area contributed by atoms with E-state index in [4.69, 9.17) is 0 Å². The number of nitrogens with one attached hydrogen (secondary N) is 2. The number of sulfone groups is 1. The number of amides is 2. The molecule has 0 unspecified atom stereocenters. The van der Waals surface area contributed by atoms with Crippen molar-refractivity contribution in [2.24, 2.45) is 0 Å². The van der Waals surface area contributed by atoms with E-state index in [1.807, 2.05) is 18.7 Å². The molecule has 8 heteroatoms. The summed E-state index contributed by atoms with van der Waals surface area (Å²) in [5.74, 6) is -0.287. The Morgan fingerprint density at radius 3 is 2.42 bits per heavy atom. The van der Waals surface area contributed by atoms with E-state index in [1.54, 1.807) is 24.3 Å². The Labute approximate surface area is 142 Å². The predicted octanol–water partition coefficient (Wildman–Crippen LogP) is 1.09. The highest BCUT2D eigenvalue weighted by atomic mass is 32.2. The largest absolute Gasteiger partial charge is 0.326 e. The van der Waals surface area contributed by atoms with Crippen molar-refractivity contribution in [2.45, 2.75) is 26.3 Å². The first-order valence-electron chi connectivity index (χ1n) is 7.70. The van der Waals surface area contributed by atoms with Crippen LogP contribution >= 0.6 is 0 Å². The maximum atomic E-state index is 12.3. The van der Waals surface area contributed by atoms with Gasteiger partial charge in [0.25, 0.3) is 0 Å². The van der Waals surface area contributed by atoms with Gasteiger partial charge in [0.2, 0.25) is 11.8 Å². The fraction of sp³-hybridized carbons (Fsp3) is 0.500. The number of hydrogen-bond acceptors (Lipinski definition) is 5. The zero-order valence-electron chi connectivity index (χ0n) is 14.1. The van der Waals surface area contributed by atoms with Crippen molar-refractivity contribution in [1.82, 2.24) is 4.90 Å². The van der Waals surface area contributed by atoms with Crippen molar-refractivity contribution < 1.29 is 18.0 Å². The number of benzene rings is 1. The van der Waals surface area contributed by atoms with Crippen molar-refractivity contribution in [3.05, 3.63) is 24.3 Å². The third-order valence-electron chi connectivity index (χ3n) is 3.90. The molecule has 2 amide bonds. The number of anilines is 2. The molecule has 7 nitrogen and oxygen atoms in total. The van der Waals surface area contributed by atoms with Crippen LogP contribution in [-0.2, 0) is 19.4 Å². The molecular formula is C16H23N3O4S. The molecule has 1 aliphatic heterocycles. The number of nitrogens with zero attached hydrogens (tertiary/aromatic N) is 1. The highest BCUT2D eigenvalue weighted by Gasteiger charge is 2.38. The molecule has 132 valence electrons. The lowest BCUT2D eigenvalue weighted by molar-refractivity contribution is -0.118. The molecule has 1 saturated heterocycles. The molecule has 1 aliphatic rings. The minimum atomic E-state index is -3.05. The maximum Gasteiger partial charge on any atom is 0.238 e. The van der Waals surface area contributed by atoms with E-state index in [2.05, 4.69) is 10.6 Å². The Hall–Kier alpha value is -1.93. The molecule has 2 rings (SSSR count). The summed E-state index contributed by atoms with van der Waals surface area (Å²) in [5.41, 5.74) is 0.602. The zero-order valence-corrected chi connectivity index (χ0v) is 14.9. The Kier molecular flexibility index (Phi) is 5.29.